The molecule has 0 amide bonds. The average molecular weight is 507 g/mol. The van der Waals surface area contributed by atoms with E-state index in [4.69, 9.17) is 38.7 Å². The van der Waals surface area contributed by atoms with Gasteiger partial charge in [-0.3, -0.25) is 4.79 Å². The highest BCUT2D eigenvalue weighted by atomic mass is 35.5. The highest BCUT2D eigenvalue weighted by Gasteiger charge is 2.18. The van der Waals surface area contributed by atoms with Crippen molar-refractivity contribution < 1.29 is 4.74 Å². The first-order valence-corrected chi connectivity index (χ1v) is 12.1. The van der Waals surface area contributed by atoms with Crippen molar-refractivity contribution in [2.24, 2.45) is 12.8 Å². The van der Waals surface area contributed by atoms with E-state index in [1.807, 2.05) is 54.7 Å². The Morgan fingerprint density at radius 1 is 1.00 bits per heavy atom. The molecule has 0 radical (unpaired) electrons. The maximum absolute atomic E-state index is 13.4. The largest absolute Gasteiger partial charge is 0.489 e. The van der Waals surface area contributed by atoms with Crippen molar-refractivity contribution in [3.8, 4) is 17.0 Å². The van der Waals surface area contributed by atoms with E-state index >= 15 is 0 Å². The van der Waals surface area contributed by atoms with Crippen molar-refractivity contribution in [2.75, 3.05) is 6.54 Å². The fourth-order valence-electron chi connectivity index (χ4n) is 4.24. The predicted octanol–water partition coefficient (Wildman–Crippen LogP) is 5.79. The molecule has 3 aromatic carbocycles. The minimum Gasteiger partial charge on any atom is -0.489 e. The molecule has 0 spiro atoms. The van der Waals surface area contributed by atoms with Crippen LogP contribution in [0.4, 0.5) is 0 Å². The molecule has 0 saturated carbocycles. The highest BCUT2D eigenvalue weighted by molar-refractivity contribution is 6.42. The Balaban J connectivity index is 1.65. The number of aryl methyl sites for hydroxylation is 2. The molecule has 0 aliphatic heterocycles. The van der Waals surface area contributed by atoms with Crippen LogP contribution in [0.3, 0.4) is 0 Å². The summed E-state index contributed by atoms with van der Waals surface area (Å²) in [5, 5.41) is 1.65. The number of hydrogen-bond acceptors (Lipinski definition) is 4. The second kappa shape index (κ2) is 9.74. The number of fused-ring (bicyclic) bond motifs is 2. The molecule has 178 valence electrons. The molecule has 0 aliphatic carbocycles. The SMILES string of the molecule is Cn1c(=O)c(-c2cn(CCCN)c3ccc(OCc4ccccc4)cc23)nc2cc(Cl)c(Cl)cc21. The number of nitrogens with zero attached hydrogens (tertiary/aromatic N) is 3. The standard InChI is InChI=1S/C27H24Cl2N4O2/c1-32-25-14-22(29)21(28)13-23(25)31-26(27(32)34)20-15-33(11-5-10-30)24-9-8-18(12-19(20)24)35-16-17-6-3-2-4-7-17/h2-4,6-9,12-15H,5,10-11,16,30H2,1H3. The summed E-state index contributed by atoms with van der Waals surface area (Å²) < 4.78 is 9.73. The maximum Gasteiger partial charge on any atom is 0.277 e. The first kappa shape index (κ1) is 23.4. The van der Waals surface area contributed by atoms with Gasteiger partial charge in [0.15, 0.2) is 0 Å². The molecule has 6 nitrogen and oxygen atoms in total. The monoisotopic (exact) mass is 506 g/mol. The summed E-state index contributed by atoms with van der Waals surface area (Å²) in [6.45, 7) is 1.75. The van der Waals surface area contributed by atoms with Gasteiger partial charge < -0.3 is 19.6 Å². The van der Waals surface area contributed by atoms with Crippen LogP contribution in [0.5, 0.6) is 5.75 Å². The predicted molar refractivity (Wildman–Crippen MR) is 142 cm³/mol. The van der Waals surface area contributed by atoms with Crippen molar-refractivity contribution in [2.45, 2.75) is 19.6 Å². The quantitative estimate of drug-likeness (QED) is 0.303. The lowest BCUT2D eigenvalue weighted by Gasteiger charge is -2.10. The van der Waals surface area contributed by atoms with Gasteiger partial charge >= 0.3 is 0 Å². The number of ether oxygens (including phenoxy) is 1. The molecule has 8 heteroatoms. The number of hydrogen-bond donors (Lipinski definition) is 1. The van der Waals surface area contributed by atoms with Gasteiger partial charge in [0.05, 0.1) is 21.1 Å². The number of halogens is 2. The van der Waals surface area contributed by atoms with Gasteiger partial charge in [0.25, 0.3) is 5.56 Å². The molecule has 0 fully saturated rings. The van der Waals surface area contributed by atoms with E-state index in [1.165, 1.54) is 0 Å². The van der Waals surface area contributed by atoms with Crippen LogP contribution in [0, 0.1) is 0 Å². The van der Waals surface area contributed by atoms with Crippen molar-refractivity contribution in [3.05, 3.63) is 92.8 Å². The number of rotatable bonds is 7. The zero-order chi connectivity index (χ0) is 24.5. The second-order valence-corrected chi connectivity index (χ2v) is 9.23. The molecule has 0 atom stereocenters. The summed E-state index contributed by atoms with van der Waals surface area (Å²) in [7, 11) is 1.71. The summed E-state index contributed by atoms with van der Waals surface area (Å²) in [4.78, 5) is 18.1. The smallest absolute Gasteiger partial charge is 0.277 e. The molecule has 0 saturated heterocycles. The maximum atomic E-state index is 13.4. The number of nitrogens with two attached hydrogens (primary N) is 1. The molecule has 5 aromatic rings. The van der Waals surface area contributed by atoms with Crippen LogP contribution in [-0.2, 0) is 20.2 Å². The topological polar surface area (TPSA) is 75.1 Å². The van der Waals surface area contributed by atoms with Gasteiger partial charge in [0, 0.05) is 36.3 Å². The van der Waals surface area contributed by atoms with Gasteiger partial charge in [-0.1, -0.05) is 53.5 Å². The zero-order valence-corrected chi connectivity index (χ0v) is 20.7. The summed E-state index contributed by atoms with van der Waals surface area (Å²) in [6, 6.07) is 19.3. The third-order valence-corrected chi connectivity index (χ3v) is 6.80. The van der Waals surface area contributed by atoms with E-state index in [1.54, 1.807) is 23.7 Å². The van der Waals surface area contributed by atoms with E-state index in [0.29, 0.717) is 45.7 Å². The Hall–Kier alpha value is -3.32. The van der Waals surface area contributed by atoms with E-state index < -0.39 is 0 Å². The fourth-order valence-corrected chi connectivity index (χ4v) is 4.55. The second-order valence-electron chi connectivity index (χ2n) is 8.41. The Morgan fingerprint density at radius 3 is 2.54 bits per heavy atom. The molecule has 0 bridgehead atoms. The Kier molecular flexibility index (Phi) is 6.52. The Bertz CT molecular complexity index is 1590. The lowest BCUT2D eigenvalue weighted by atomic mass is 10.1. The summed E-state index contributed by atoms with van der Waals surface area (Å²) in [6.07, 6.45) is 2.78. The lowest BCUT2D eigenvalue weighted by Crippen LogP contribution is -2.20. The molecular weight excluding hydrogens is 483 g/mol. The van der Waals surface area contributed by atoms with Crippen molar-refractivity contribution in [3.63, 3.8) is 0 Å². The average Bonchev–Trinajstić information content (AvgIpc) is 3.23. The van der Waals surface area contributed by atoms with Crippen LogP contribution in [0.25, 0.3) is 33.2 Å². The zero-order valence-electron chi connectivity index (χ0n) is 19.2. The molecule has 2 N–H and O–H groups in total. The fraction of sp³-hybridized carbons (Fsp3) is 0.185. The number of benzene rings is 3. The molecule has 0 aliphatic rings. The van der Waals surface area contributed by atoms with Gasteiger partial charge in [-0.25, -0.2) is 4.98 Å². The van der Waals surface area contributed by atoms with Crippen LogP contribution in [-0.4, -0.2) is 20.7 Å². The van der Waals surface area contributed by atoms with E-state index in [0.717, 1.165) is 35.0 Å². The molecule has 0 unspecified atom stereocenters. The first-order chi connectivity index (χ1) is 17.0. The summed E-state index contributed by atoms with van der Waals surface area (Å²) in [5.74, 6) is 0.714. The minimum atomic E-state index is -0.218. The highest BCUT2D eigenvalue weighted by Crippen LogP contribution is 2.33. The normalized spacial score (nSPS) is 11.4. The van der Waals surface area contributed by atoms with E-state index in [9.17, 15) is 4.79 Å². The molecule has 2 heterocycles. The van der Waals surface area contributed by atoms with Gasteiger partial charge in [0.1, 0.15) is 18.1 Å². The lowest BCUT2D eigenvalue weighted by molar-refractivity contribution is 0.306. The van der Waals surface area contributed by atoms with E-state index in [-0.39, 0.29) is 5.56 Å². The van der Waals surface area contributed by atoms with Gasteiger partial charge in [-0.15, -0.1) is 0 Å². The van der Waals surface area contributed by atoms with Crippen molar-refractivity contribution >= 4 is 45.1 Å². The molecular formula is C27H24Cl2N4O2. The van der Waals surface area contributed by atoms with Crippen molar-refractivity contribution in [1.29, 1.82) is 0 Å². The van der Waals surface area contributed by atoms with Crippen LogP contribution >= 0.6 is 23.2 Å². The summed E-state index contributed by atoms with van der Waals surface area (Å²) in [5.41, 5.74) is 9.90. The minimum absolute atomic E-state index is 0.218. The number of aromatic nitrogens is 3. The van der Waals surface area contributed by atoms with Crippen LogP contribution in [0.2, 0.25) is 10.0 Å². The van der Waals surface area contributed by atoms with Gasteiger partial charge in [0.2, 0.25) is 0 Å². The Labute approximate surface area is 212 Å². The van der Waals surface area contributed by atoms with Gasteiger partial charge in [-0.05, 0) is 48.9 Å². The van der Waals surface area contributed by atoms with Crippen LogP contribution in [0.15, 0.2) is 71.7 Å². The van der Waals surface area contributed by atoms with Crippen molar-refractivity contribution in [1.82, 2.24) is 14.1 Å². The third-order valence-electron chi connectivity index (χ3n) is 6.08. The van der Waals surface area contributed by atoms with Crippen LogP contribution < -0.4 is 16.0 Å². The molecule has 5 rings (SSSR count). The summed E-state index contributed by atoms with van der Waals surface area (Å²) >= 11 is 12.4. The van der Waals surface area contributed by atoms with E-state index in [2.05, 4.69) is 4.57 Å². The first-order valence-electron chi connectivity index (χ1n) is 11.3. The van der Waals surface area contributed by atoms with Gasteiger partial charge in [-0.2, -0.15) is 0 Å². The Morgan fingerprint density at radius 2 is 1.77 bits per heavy atom. The molecule has 35 heavy (non-hydrogen) atoms. The molecule has 2 aromatic heterocycles. The third kappa shape index (κ3) is 4.52. The van der Waals surface area contributed by atoms with Crippen LogP contribution in [0.1, 0.15) is 12.0 Å².